The van der Waals surface area contributed by atoms with E-state index < -0.39 is 12.0 Å². The number of hydrogen-bond acceptors (Lipinski definition) is 3. The largest absolute Gasteiger partial charge is 0.480 e. The van der Waals surface area contributed by atoms with Crippen molar-refractivity contribution in [3.63, 3.8) is 0 Å². The van der Waals surface area contributed by atoms with Crippen LogP contribution in [0.3, 0.4) is 0 Å². The van der Waals surface area contributed by atoms with Crippen molar-refractivity contribution in [2.45, 2.75) is 51.6 Å². The first-order valence-electron chi connectivity index (χ1n) is 6.21. The summed E-state index contributed by atoms with van der Waals surface area (Å²) in [6.07, 6.45) is 3.74. The van der Waals surface area contributed by atoms with Crippen LogP contribution in [-0.4, -0.2) is 36.4 Å². The monoisotopic (exact) mass is 229 g/mol. The zero-order chi connectivity index (χ0) is 12.0. The third-order valence-corrected chi connectivity index (χ3v) is 3.28. The zero-order valence-electron chi connectivity index (χ0n) is 10.2. The summed E-state index contributed by atoms with van der Waals surface area (Å²) >= 11 is 0. The molecule has 94 valence electrons. The molecule has 0 bridgehead atoms. The number of ether oxygens (including phenoxy) is 1. The predicted octanol–water partition coefficient (Wildman–Crippen LogP) is 1.64. The zero-order valence-corrected chi connectivity index (χ0v) is 10.2. The van der Waals surface area contributed by atoms with Crippen molar-refractivity contribution in [2.75, 3.05) is 13.2 Å². The molecule has 3 unspecified atom stereocenters. The molecule has 2 N–H and O–H groups in total. The Morgan fingerprint density at radius 3 is 2.88 bits per heavy atom. The van der Waals surface area contributed by atoms with Gasteiger partial charge in [0.2, 0.25) is 0 Å². The van der Waals surface area contributed by atoms with Gasteiger partial charge in [-0.05, 0) is 25.7 Å². The fourth-order valence-corrected chi connectivity index (χ4v) is 2.09. The van der Waals surface area contributed by atoms with Crippen LogP contribution in [0, 0.1) is 5.92 Å². The number of unbranched alkanes of at least 4 members (excludes halogenated alkanes) is 1. The second-order valence-electron chi connectivity index (χ2n) is 4.61. The topological polar surface area (TPSA) is 58.6 Å². The molecule has 4 heteroatoms. The molecule has 0 aliphatic carbocycles. The highest BCUT2D eigenvalue weighted by Gasteiger charge is 2.26. The standard InChI is InChI=1S/C12H23NO3/c1-3-4-5-11(12(14)15)13-9(2)10-6-7-16-8-10/h9-11,13H,3-8H2,1-2H3,(H,14,15). The maximum absolute atomic E-state index is 11.1. The normalized spacial score (nSPS) is 24.2. The van der Waals surface area contributed by atoms with E-state index in [1.807, 2.05) is 0 Å². The highest BCUT2D eigenvalue weighted by molar-refractivity contribution is 5.73. The van der Waals surface area contributed by atoms with Crippen molar-refractivity contribution >= 4 is 5.97 Å². The Morgan fingerprint density at radius 2 is 2.38 bits per heavy atom. The van der Waals surface area contributed by atoms with Crippen LogP contribution in [0.4, 0.5) is 0 Å². The van der Waals surface area contributed by atoms with Crippen molar-refractivity contribution < 1.29 is 14.6 Å². The van der Waals surface area contributed by atoms with Crippen molar-refractivity contribution in [3.05, 3.63) is 0 Å². The van der Waals surface area contributed by atoms with Crippen molar-refractivity contribution in [2.24, 2.45) is 5.92 Å². The van der Waals surface area contributed by atoms with Gasteiger partial charge in [-0.3, -0.25) is 4.79 Å². The Hall–Kier alpha value is -0.610. The van der Waals surface area contributed by atoms with Crippen molar-refractivity contribution in [1.82, 2.24) is 5.32 Å². The molecular formula is C12H23NO3. The number of carbonyl (C=O) groups is 1. The van der Waals surface area contributed by atoms with Gasteiger partial charge in [-0.25, -0.2) is 0 Å². The Bertz CT molecular complexity index is 214. The lowest BCUT2D eigenvalue weighted by atomic mass is 9.99. The third kappa shape index (κ3) is 4.10. The van der Waals surface area contributed by atoms with E-state index >= 15 is 0 Å². The predicted molar refractivity (Wildman–Crippen MR) is 62.5 cm³/mol. The van der Waals surface area contributed by atoms with Gasteiger partial charge in [-0.2, -0.15) is 0 Å². The van der Waals surface area contributed by atoms with Crippen LogP contribution in [0.2, 0.25) is 0 Å². The van der Waals surface area contributed by atoms with E-state index in [1.165, 1.54) is 0 Å². The molecule has 0 amide bonds. The summed E-state index contributed by atoms with van der Waals surface area (Å²) < 4.78 is 5.31. The van der Waals surface area contributed by atoms with E-state index in [1.54, 1.807) is 0 Å². The van der Waals surface area contributed by atoms with Crippen molar-refractivity contribution in [3.8, 4) is 0 Å². The lowest BCUT2D eigenvalue weighted by Gasteiger charge is -2.23. The maximum atomic E-state index is 11.1. The average molecular weight is 229 g/mol. The molecular weight excluding hydrogens is 206 g/mol. The molecule has 4 nitrogen and oxygen atoms in total. The number of rotatable bonds is 7. The van der Waals surface area contributed by atoms with E-state index in [4.69, 9.17) is 9.84 Å². The number of aliphatic carboxylic acids is 1. The van der Waals surface area contributed by atoms with E-state index in [2.05, 4.69) is 19.2 Å². The van der Waals surface area contributed by atoms with Crippen LogP contribution in [0.15, 0.2) is 0 Å². The highest BCUT2D eigenvalue weighted by atomic mass is 16.5. The number of hydrogen-bond donors (Lipinski definition) is 2. The first kappa shape index (κ1) is 13.5. The minimum atomic E-state index is -0.737. The van der Waals surface area contributed by atoms with Gasteiger partial charge >= 0.3 is 5.97 Å². The summed E-state index contributed by atoms with van der Waals surface area (Å²) in [6, 6.07) is -0.184. The Kier molecular flexibility index (Phi) is 5.77. The fourth-order valence-electron chi connectivity index (χ4n) is 2.09. The minimum absolute atomic E-state index is 0.223. The van der Waals surface area contributed by atoms with Gasteiger partial charge < -0.3 is 15.2 Å². The van der Waals surface area contributed by atoms with Crippen LogP contribution in [0.1, 0.15) is 39.5 Å². The molecule has 0 radical (unpaired) electrons. The Balaban J connectivity index is 2.37. The Morgan fingerprint density at radius 1 is 1.62 bits per heavy atom. The van der Waals surface area contributed by atoms with Gasteiger partial charge in [0.15, 0.2) is 0 Å². The average Bonchev–Trinajstić information content (AvgIpc) is 2.76. The van der Waals surface area contributed by atoms with Gasteiger partial charge in [0.25, 0.3) is 0 Å². The Labute approximate surface area is 97.4 Å². The first-order valence-corrected chi connectivity index (χ1v) is 6.21. The first-order chi connectivity index (χ1) is 7.65. The third-order valence-electron chi connectivity index (χ3n) is 3.28. The maximum Gasteiger partial charge on any atom is 0.320 e. The molecule has 1 saturated heterocycles. The molecule has 0 spiro atoms. The summed E-state index contributed by atoms with van der Waals surface area (Å²) in [4.78, 5) is 11.1. The second kappa shape index (κ2) is 6.86. The van der Waals surface area contributed by atoms with Crippen LogP contribution in [0.5, 0.6) is 0 Å². The van der Waals surface area contributed by atoms with Gasteiger partial charge in [0.05, 0.1) is 6.61 Å². The molecule has 1 fully saturated rings. The summed E-state index contributed by atoms with van der Waals surface area (Å²) in [6.45, 7) is 5.70. The van der Waals surface area contributed by atoms with Crippen molar-refractivity contribution in [1.29, 1.82) is 0 Å². The van der Waals surface area contributed by atoms with Crippen LogP contribution >= 0.6 is 0 Å². The SMILES string of the molecule is CCCCC(NC(C)C1CCOC1)C(=O)O. The van der Waals surface area contributed by atoms with Crippen LogP contribution in [0.25, 0.3) is 0 Å². The van der Waals surface area contributed by atoms with Gasteiger partial charge in [-0.15, -0.1) is 0 Å². The molecule has 3 atom stereocenters. The van der Waals surface area contributed by atoms with Gasteiger partial charge in [0, 0.05) is 12.6 Å². The summed E-state index contributed by atoms with van der Waals surface area (Å²) in [5.74, 6) is -0.275. The summed E-state index contributed by atoms with van der Waals surface area (Å²) in [5.41, 5.74) is 0. The number of carboxylic acids is 1. The molecule has 0 saturated carbocycles. The van der Waals surface area contributed by atoms with Crippen LogP contribution < -0.4 is 5.32 Å². The quantitative estimate of drug-likeness (QED) is 0.697. The minimum Gasteiger partial charge on any atom is -0.480 e. The van der Waals surface area contributed by atoms with E-state index in [0.29, 0.717) is 12.3 Å². The van der Waals surface area contributed by atoms with E-state index in [9.17, 15) is 4.79 Å². The molecule has 1 aliphatic rings. The van der Waals surface area contributed by atoms with Crippen LogP contribution in [-0.2, 0) is 9.53 Å². The summed E-state index contributed by atoms with van der Waals surface area (Å²) in [7, 11) is 0. The molecule has 1 rings (SSSR count). The molecule has 0 aromatic heterocycles. The van der Waals surface area contributed by atoms with E-state index in [-0.39, 0.29) is 6.04 Å². The molecule has 0 aromatic carbocycles. The van der Waals surface area contributed by atoms with Gasteiger partial charge in [0.1, 0.15) is 6.04 Å². The fraction of sp³-hybridized carbons (Fsp3) is 0.917. The smallest absolute Gasteiger partial charge is 0.320 e. The number of nitrogens with one attached hydrogen (secondary N) is 1. The van der Waals surface area contributed by atoms with Gasteiger partial charge in [-0.1, -0.05) is 19.8 Å². The lowest BCUT2D eigenvalue weighted by Crippen LogP contribution is -2.45. The molecule has 1 aliphatic heterocycles. The van der Waals surface area contributed by atoms with E-state index in [0.717, 1.165) is 32.5 Å². The summed E-state index contributed by atoms with van der Waals surface area (Å²) in [5, 5.41) is 12.3. The molecule has 1 heterocycles. The molecule has 16 heavy (non-hydrogen) atoms. The molecule has 0 aromatic rings. The highest BCUT2D eigenvalue weighted by Crippen LogP contribution is 2.17. The lowest BCUT2D eigenvalue weighted by molar-refractivity contribution is -0.140. The number of carboxylic acid groups (broad SMARTS) is 1. The second-order valence-corrected chi connectivity index (χ2v) is 4.61.